The number of carbonyl (C=O) groups is 3. The highest BCUT2D eigenvalue weighted by molar-refractivity contribution is 5.96. The number of aliphatic carboxylic acids is 1. The number of carboxylic acid groups (broad SMARTS) is 1. The average Bonchev–Trinajstić information content (AvgIpc) is 2.98. The molecule has 4 aromatic rings. The van der Waals surface area contributed by atoms with Gasteiger partial charge in [0.1, 0.15) is 12.6 Å². The number of aromatic nitrogens is 4. The van der Waals surface area contributed by atoms with Crippen molar-refractivity contribution in [2.24, 2.45) is 0 Å². The molecule has 0 spiro atoms. The Kier molecular flexibility index (Phi) is 9.61. The lowest BCUT2D eigenvalue weighted by atomic mass is 10.1. The van der Waals surface area contributed by atoms with Crippen molar-refractivity contribution in [2.75, 3.05) is 30.0 Å². The average molecular weight is 574 g/mol. The lowest BCUT2D eigenvalue weighted by Crippen LogP contribution is -2.41. The molecule has 0 saturated carbocycles. The van der Waals surface area contributed by atoms with E-state index in [0.29, 0.717) is 35.4 Å². The first-order valence-corrected chi connectivity index (χ1v) is 13.0. The van der Waals surface area contributed by atoms with Crippen LogP contribution in [0.15, 0.2) is 60.8 Å². The van der Waals surface area contributed by atoms with Gasteiger partial charge in [0.25, 0.3) is 5.91 Å². The number of benzene rings is 2. The van der Waals surface area contributed by atoms with Gasteiger partial charge in [-0.05, 0) is 42.7 Å². The Balaban J connectivity index is 1.25. The molecular weight excluding hydrogens is 542 g/mol. The largest absolute Gasteiger partial charge is 0.480 e. The summed E-state index contributed by atoms with van der Waals surface area (Å²) in [4.78, 5) is 54.9. The first kappa shape index (κ1) is 29.5. The summed E-state index contributed by atoms with van der Waals surface area (Å²) in [6.45, 7) is 0.712. The number of fused-ring (bicyclic) bond motifs is 1. The Hall–Kier alpha value is -5.53. The Bertz CT molecular complexity index is 1550. The molecule has 7 N–H and O–H groups in total. The van der Waals surface area contributed by atoms with E-state index in [-0.39, 0.29) is 31.3 Å². The fraction of sp³-hybridized carbons (Fsp3) is 0.250. The van der Waals surface area contributed by atoms with Gasteiger partial charge in [0.05, 0.1) is 18.4 Å². The third-order valence-electron chi connectivity index (χ3n) is 6.23. The summed E-state index contributed by atoms with van der Waals surface area (Å²) in [5.41, 5.74) is 14.7. The molecule has 42 heavy (non-hydrogen) atoms. The van der Waals surface area contributed by atoms with E-state index in [2.05, 4.69) is 30.6 Å². The number of rotatable bonds is 12. The molecule has 218 valence electrons. The number of nitrogens with one attached hydrogen (secondary N) is 2. The molecule has 0 aliphatic heterocycles. The van der Waals surface area contributed by atoms with E-state index in [0.717, 1.165) is 11.3 Å². The van der Waals surface area contributed by atoms with Gasteiger partial charge in [-0.3, -0.25) is 4.79 Å². The molecule has 2 heterocycles. The molecule has 14 heteroatoms. The molecule has 14 nitrogen and oxygen atoms in total. The van der Waals surface area contributed by atoms with Crippen molar-refractivity contribution in [1.29, 1.82) is 0 Å². The maximum absolute atomic E-state index is 12.7. The summed E-state index contributed by atoms with van der Waals surface area (Å²) in [6.07, 6.45) is 1.41. The van der Waals surface area contributed by atoms with E-state index in [1.165, 1.54) is 0 Å². The topological polar surface area (TPSA) is 212 Å². The summed E-state index contributed by atoms with van der Waals surface area (Å²) in [6, 6.07) is 14.8. The summed E-state index contributed by atoms with van der Waals surface area (Å²) in [5.74, 6) is -1.53. The zero-order chi connectivity index (χ0) is 30.1. The number of hydrogen-bond acceptors (Lipinski definition) is 11. The maximum Gasteiger partial charge on any atom is 0.407 e. The smallest absolute Gasteiger partial charge is 0.407 e. The second kappa shape index (κ2) is 13.7. The molecule has 0 fully saturated rings. The minimum Gasteiger partial charge on any atom is -0.480 e. The molecule has 1 unspecified atom stereocenters. The van der Waals surface area contributed by atoms with Gasteiger partial charge in [0.15, 0.2) is 17.0 Å². The summed E-state index contributed by atoms with van der Waals surface area (Å²) >= 11 is 0. The highest BCUT2D eigenvalue weighted by Gasteiger charge is 2.21. The highest BCUT2D eigenvalue weighted by Crippen LogP contribution is 2.19. The fourth-order valence-electron chi connectivity index (χ4n) is 4.03. The molecular formula is C28H31N9O5. The van der Waals surface area contributed by atoms with Crippen LogP contribution in [-0.4, -0.2) is 62.6 Å². The van der Waals surface area contributed by atoms with Crippen LogP contribution in [0.25, 0.3) is 11.2 Å². The Morgan fingerprint density at radius 3 is 2.48 bits per heavy atom. The summed E-state index contributed by atoms with van der Waals surface area (Å²) in [7, 11) is 1.84. The Morgan fingerprint density at radius 1 is 1.02 bits per heavy atom. The van der Waals surface area contributed by atoms with Crippen LogP contribution in [0.5, 0.6) is 0 Å². The van der Waals surface area contributed by atoms with E-state index in [1.807, 2.05) is 42.3 Å². The van der Waals surface area contributed by atoms with E-state index < -0.39 is 24.0 Å². The van der Waals surface area contributed by atoms with Crippen molar-refractivity contribution < 1.29 is 24.2 Å². The van der Waals surface area contributed by atoms with Crippen molar-refractivity contribution in [3.63, 3.8) is 0 Å². The van der Waals surface area contributed by atoms with E-state index >= 15 is 0 Å². The lowest BCUT2D eigenvalue weighted by molar-refractivity contribution is -0.139. The van der Waals surface area contributed by atoms with Gasteiger partial charge in [0.2, 0.25) is 5.95 Å². The molecule has 4 rings (SSSR count). The molecule has 2 aromatic heterocycles. The number of alkyl carbamates (subject to hydrolysis) is 1. The molecule has 0 aliphatic rings. The van der Waals surface area contributed by atoms with Gasteiger partial charge in [-0.1, -0.05) is 30.3 Å². The normalized spacial score (nSPS) is 11.5. The Labute approximate surface area is 241 Å². The Morgan fingerprint density at radius 2 is 1.76 bits per heavy atom. The summed E-state index contributed by atoms with van der Waals surface area (Å²) < 4.78 is 5.13. The van der Waals surface area contributed by atoms with E-state index in [1.54, 1.807) is 30.5 Å². The van der Waals surface area contributed by atoms with Crippen LogP contribution in [0.1, 0.15) is 34.5 Å². The number of hydrogen-bond donors (Lipinski definition) is 5. The molecule has 0 aliphatic carbocycles. The van der Waals surface area contributed by atoms with Gasteiger partial charge in [0, 0.05) is 24.8 Å². The van der Waals surface area contributed by atoms with Crippen LogP contribution < -0.4 is 27.0 Å². The number of anilines is 3. The summed E-state index contributed by atoms with van der Waals surface area (Å²) in [5, 5.41) is 14.7. The zero-order valence-electron chi connectivity index (χ0n) is 22.9. The molecule has 0 bridgehead atoms. The predicted molar refractivity (Wildman–Crippen MR) is 155 cm³/mol. The van der Waals surface area contributed by atoms with Crippen molar-refractivity contribution in [1.82, 2.24) is 30.6 Å². The monoisotopic (exact) mass is 573 g/mol. The molecule has 0 saturated heterocycles. The second-order valence-electron chi connectivity index (χ2n) is 9.40. The van der Waals surface area contributed by atoms with Crippen LogP contribution in [0.3, 0.4) is 0 Å². The highest BCUT2D eigenvalue weighted by atomic mass is 16.5. The van der Waals surface area contributed by atoms with Gasteiger partial charge in [-0.2, -0.15) is 9.97 Å². The molecule has 2 aromatic carbocycles. The molecule has 1 atom stereocenters. The van der Waals surface area contributed by atoms with Crippen LogP contribution >= 0.6 is 0 Å². The standard InChI is InChI=1S/C28H31N9O5/c1-37(15-19-14-32-24-22(33-19)23(29)35-27(30)36-24)20-11-9-18(10-12-20)25(38)34-21(26(39)40)8-5-13-31-28(41)42-16-17-6-3-2-4-7-17/h2-4,6-7,9-12,14,21H,5,8,13,15-16H2,1H3,(H,31,41)(H,34,38)(H,39,40)(H4,29,30,32,35,36). The predicted octanol–water partition coefficient (Wildman–Crippen LogP) is 2.11. The molecule has 2 amide bonds. The van der Waals surface area contributed by atoms with Crippen LogP contribution in [0, 0.1) is 0 Å². The van der Waals surface area contributed by atoms with Crippen molar-refractivity contribution >= 4 is 46.6 Å². The fourth-order valence-corrected chi connectivity index (χ4v) is 4.03. The maximum atomic E-state index is 12.7. The number of nitrogens with two attached hydrogens (primary N) is 2. The number of nitrogens with zero attached hydrogens (tertiary/aromatic N) is 5. The van der Waals surface area contributed by atoms with E-state index in [9.17, 15) is 19.5 Å². The first-order valence-electron chi connectivity index (χ1n) is 13.0. The van der Waals surface area contributed by atoms with Crippen molar-refractivity contribution in [3.8, 4) is 0 Å². The number of nitrogen functional groups attached to an aromatic ring is 2. The van der Waals surface area contributed by atoms with Crippen LogP contribution in [0.4, 0.5) is 22.2 Å². The van der Waals surface area contributed by atoms with Gasteiger partial charge in [-0.25, -0.2) is 19.6 Å². The number of carbonyl (C=O) groups excluding carboxylic acids is 2. The lowest BCUT2D eigenvalue weighted by Gasteiger charge is -2.19. The van der Waals surface area contributed by atoms with E-state index in [4.69, 9.17) is 16.2 Å². The zero-order valence-corrected chi connectivity index (χ0v) is 22.9. The third kappa shape index (κ3) is 8.00. The van der Waals surface area contributed by atoms with Crippen LogP contribution in [-0.2, 0) is 22.7 Å². The van der Waals surface area contributed by atoms with Gasteiger partial charge < -0.3 is 36.8 Å². The number of carboxylic acids is 1. The third-order valence-corrected chi connectivity index (χ3v) is 6.23. The van der Waals surface area contributed by atoms with Crippen molar-refractivity contribution in [2.45, 2.75) is 32.0 Å². The minimum absolute atomic E-state index is 0.0201. The SMILES string of the molecule is CN(Cc1cnc2nc(N)nc(N)c2n1)c1ccc(C(=O)NC(CCCNC(=O)OCc2ccccc2)C(=O)O)cc1. The van der Waals surface area contributed by atoms with Gasteiger partial charge >= 0.3 is 12.1 Å². The van der Waals surface area contributed by atoms with Gasteiger partial charge in [-0.15, -0.1) is 0 Å². The molecule has 0 radical (unpaired) electrons. The number of ether oxygens (including phenoxy) is 1. The number of amides is 2. The second-order valence-corrected chi connectivity index (χ2v) is 9.40. The first-order chi connectivity index (χ1) is 20.2. The quantitative estimate of drug-likeness (QED) is 0.154. The van der Waals surface area contributed by atoms with Crippen molar-refractivity contribution in [3.05, 3.63) is 77.6 Å². The minimum atomic E-state index is -1.17. The van der Waals surface area contributed by atoms with Crippen LogP contribution in [0.2, 0.25) is 0 Å².